The monoisotopic (exact) mass is 407 g/mol. The molecule has 2 rings (SSSR count). The zero-order valence-corrected chi connectivity index (χ0v) is 15.2. The average molecular weight is 409 g/mol. The molecule has 1 atom stereocenters. The number of halogens is 2. The van der Waals surface area contributed by atoms with Gasteiger partial charge in [0.15, 0.2) is 6.10 Å². The second kappa shape index (κ2) is 8.66. The molecule has 1 N–H and O–H groups in total. The largest absolute Gasteiger partial charge is 0.449 e. The molecule has 6 heteroatoms. The number of rotatable bonds is 5. The summed E-state index contributed by atoms with van der Waals surface area (Å²) >= 11 is 9.11. The number of benzene rings is 2. The lowest BCUT2D eigenvalue weighted by Gasteiger charge is -2.12. The molecule has 1 amide bonds. The molecular weight excluding hydrogens is 394 g/mol. The maximum Gasteiger partial charge on any atom is 0.331 e. The van der Waals surface area contributed by atoms with Crippen molar-refractivity contribution in [3.63, 3.8) is 0 Å². The first kappa shape index (κ1) is 18.2. The Kier molecular flexibility index (Phi) is 6.58. The summed E-state index contributed by atoms with van der Waals surface area (Å²) in [6, 6.07) is 14.1. The fourth-order valence-corrected chi connectivity index (χ4v) is 2.17. The molecule has 0 saturated carbocycles. The molecule has 4 nitrogen and oxygen atoms in total. The third kappa shape index (κ3) is 5.83. The van der Waals surface area contributed by atoms with Gasteiger partial charge in [-0.05, 0) is 55.0 Å². The lowest BCUT2D eigenvalue weighted by Crippen LogP contribution is -2.29. The molecule has 0 aromatic heterocycles. The minimum Gasteiger partial charge on any atom is -0.449 e. The van der Waals surface area contributed by atoms with Gasteiger partial charge in [0.2, 0.25) is 0 Å². The molecule has 0 heterocycles. The van der Waals surface area contributed by atoms with Gasteiger partial charge in [0, 0.05) is 21.3 Å². The van der Waals surface area contributed by atoms with Crippen molar-refractivity contribution in [3.05, 3.63) is 69.7 Å². The highest BCUT2D eigenvalue weighted by Crippen LogP contribution is 2.15. The molecule has 124 valence electrons. The van der Waals surface area contributed by atoms with Crippen LogP contribution in [0.4, 0.5) is 5.69 Å². The van der Waals surface area contributed by atoms with E-state index in [1.54, 1.807) is 54.6 Å². The van der Waals surface area contributed by atoms with Crippen LogP contribution >= 0.6 is 27.5 Å². The minimum atomic E-state index is -0.906. The predicted molar refractivity (Wildman–Crippen MR) is 98.8 cm³/mol. The Morgan fingerprint density at radius 2 is 1.75 bits per heavy atom. The van der Waals surface area contributed by atoms with Gasteiger partial charge in [0.05, 0.1) is 0 Å². The number of hydrogen-bond donors (Lipinski definition) is 1. The number of carbonyl (C=O) groups excluding carboxylic acids is 2. The van der Waals surface area contributed by atoms with Crippen LogP contribution in [0.3, 0.4) is 0 Å². The molecular formula is C18H15BrClNO3. The summed E-state index contributed by atoms with van der Waals surface area (Å²) in [7, 11) is 0. The fourth-order valence-electron chi connectivity index (χ4n) is 1.78. The zero-order valence-electron chi connectivity index (χ0n) is 12.8. The summed E-state index contributed by atoms with van der Waals surface area (Å²) in [5.41, 5.74) is 1.44. The number of amides is 1. The fraction of sp³-hybridized carbons (Fsp3) is 0.111. The summed E-state index contributed by atoms with van der Waals surface area (Å²) in [6.45, 7) is 1.52. The van der Waals surface area contributed by atoms with E-state index in [4.69, 9.17) is 16.3 Å². The SMILES string of the molecule is CC(OC(=O)C=Cc1ccc(Cl)cc1)C(=O)Nc1ccc(Br)cc1. The normalized spacial score (nSPS) is 12.0. The molecule has 0 spiro atoms. The predicted octanol–water partition coefficient (Wildman–Crippen LogP) is 4.69. The third-order valence-electron chi connectivity index (χ3n) is 3.06. The number of hydrogen-bond acceptors (Lipinski definition) is 3. The molecule has 0 fully saturated rings. The summed E-state index contributed by atoms with van der Waals surface area (Å²) in [4.78, 5) is 23.8. The summed E-state index contributed by atoms with van der Waals surface area (Å²) in [6.07, 6.45) is 1.96. The van der Waals surface area contributed by atoms with Gasteiger partial charge >= 0.3 is 5.97 Å². The van der Waals surface area contributed by atoms with Crippen LogP contribution in [-0.2, 0) is 14.3 Å². The molecule has 2 aromatic rings. The van der Waals surface area contributed by atoms with Crippen molar-refractivity contribution in [2.24, 2.45) is 0 Å². The van der Waals surface area contributed by atoms with Crippen molar-refractivity contribution in [2.45, 2.75) is 13.0 Å². The Bertz CT molecular complexity index is 742. The minimum absolute atomic E-state index is 0.398. The van der Waals surface area contributed by atoms with Crippen molar-refractivity contribution in [3.8, 4) is 0 Å². The van der Waals surface area contributed by atoms with Gasteiger partial charge in [0.1, 0.15) is 0 Å². The van der Waals surface area contributed by atoms with Crippen LogP contribution in [0.1, 0.15) is 12.5 Å². The van der Waals surface area contributed by atoms with Crippen molar-refractivity contribution in [1.82, 2.24) is 0 Å². The van der Waals surface area contributed by atoms with Crippen LogP contribution < -0.4 is 5.32 Å². The first-order chi connectivity index (χ1) is 11.4. The Hall–Kier alpha value is -2.11. The van der Waals surface area contributed by atoms with E-state index in [0.29, 0.717) is 10.7 Å². The maximum atomic E-state index is 12.0. The zero-order chi connectivity index (χ0) is 17.5. The van der Waals surface area contributed by atoms with Gasteiger partial charge in [-0.25, -0.2) is 4.79 Å². The molecule has 2 aromatic carbocycles. The van der Waals surface area contributed by atoms with E-state index >= 15 is 0 Å². The van der Waals surface area contributed by atoms with Crippen LogP contribution in [0.25, 0.3) is 6.08 Å². The van der Waals surface area contributed by atoms with Crippen LogP contribution in [-0.4, -0.2) is 18.0 Å². The highest BCUT2D eigenvalue weighted by Gasteiger charge is 2.16. The van der Waals surface area contributed by atoms with Crippen molar-refractivity contribution < 1.29 is 14.3 Å². The molecule has 1 unspecified atom stereocenters. The number of carbonyl (C=O) groups is 2. The van der Waals surface area contributed by atoms with E-state index in [0.717, 1.165) is 10.0 Å². The quantitative estimate of drug-likeness (QED) is 0.577. The highest BCUT2D eigenvalue weighted by atomic mass is 79.9. The van der Waals surface area contributed by atoms with E-state index in [-0.39, 0.29) is 0 Å². The summed E-state index contributed by atoms with van der Waals surface area (Å²) in [5, 5.41) is 3.30. The van der Waals surface area contributed by atoms with Gasteiger partial charge in [0.25, 0.3) is 5.91 Å². The second-order valence-corrected chi connectivity index (χ2v) is 6.31. The molecule has 0 saturated heterocycles. The smallest absolute Gasteiger partial charge is 0.331 e. The highest BCUT2D eigenvalue weighted by molar-refractivity contribution is 9.10. The molecule has 0 aliphatic heterocycles. The van der Waals surface area contributed by atoms with E-state index in [9.17, 15) is 9.59 Å². The van der Waals surface area contributed by atoms with Gasteiger partial charge in [-0.2, -0.15) is 0 Å². The van der Waals surface area contributed by atoms with Gasteiger partial charge in [-0.15, -0.1) is 0 Å². The first-order valence-electron chi connectivity index (χ1n) is 7.15. The van der Waals surface area contributed by atoms with Crippen molar-refractivity contribution in [2.75, 3.05) is 5.32 Å². The molecule has 0 radical (unpaired) electrons. The van der Waals surface area contributed by atoms with E-state index in [1.165, 1.54) is 13.0 Å². The maximum absolute atomic E-state index is 12.0. The third-order valence-corrected chi connectivity index (χ3v) is 3.84. The van der Waals surface area contributed by atoms with Gasteiger partial charge < -0.3 is 10.1 Å². The van der Waals surface area contributed by atoms with Crippen LogP contribution in [0, 0.1) is 0 Å². The van der Waals surface area contributed by atoms with Crippen LogP contribution in [0.5, 0.6) is 0 Å². The summed E-state index contributed by atoms with van der Waals surface area (Å²) in [5.74, 6) is -0.992. The van der Waals surface area contributed by atoms with E-state index < -0.39 is 18.0 Å². The number of anilines is 1. The number of esters is 1. The molecule has 0 aliphatic carbocycles. The van der Waals surface area contributed by atoms with Crippen molar-refractivity contribution >= 4 is 51.2 Å². The standard InChI is InChI=1S/C18H15BrClNO3/c1-12(18(23)21-16-9-5-14(19)6-10-16)24-17(22)11-4-13-2-7-15(20)8-3-13/h2-12H,1H3,(H,21,23). The van der Waals surface area contributed by atoms with Crippen LogP contribution in [0.15, 0.2) is 59.1 Å². The second-order valence-electron chi connectivity index (χ2n) is 4.96. The molecule has 24 heavy (non-hydrogen) atoms. The lowest BCUT2D eigenvalue weighted by molar-refractivity contribution is -0.148. The average Bonchev–Trinajstić information content (AvgIpc) is 2.56. The van der Waals surface area contributed by atoms with Gasteiger partial charge in [-0.3, -0.25) is 4.79 Å². The first-order valence-corrected chi connectivity index (χ1v) is 8.32. The Labute approximate surface area is 153 Å². The van der Waals surface area contributed by atoms with E-state index in [1.807, 2.05) is 0 Å². The molecule has 0 bridgehead atoms. The lowest BCUT2D eigenvalue weighted by atomic mass is 10.2. The Morgan fingerprint density at radius 1 is 1.12 bits per heavy atom. The number of ether oxygens (including phenoxy) is 1. The Balaban J connectivity index is 1.87. The Morgan fingerprint density at radius 3 is 2.38 bits per heavy atom. The van der Waals surface area contributed by atoms with Crippen molar-refractivity contribution in [1.29, 1.82) is 0 Å². The van der Waals surface area contributed by atoms with Gasteiger partial charge in [-0.1, -0.05) is 39.7 Å². The number of nitrogens with one attached hydrogen (secondary N) is 1. The van der Waals surface area contributed by atoms with Crippen LogP contribution in [0.2, 0.25) is 5.02 Å². The summed E-state index contributed by atoms with van der Waals surface area (Å²) < 4.78 is 5.99. The van der Waals surface area contributed by atoms with E-state index in [2.05, 4.69) is 21.2 Å². The topological polar surface area (TPSA) is 55.4 Å². The molecule has 0 aliphatic rings.